The van der Waals surface area contributed by atoms with E-state index in [0.29, 0.717) is 16.9 Å². The summed E-state index contributed by atoms with van der Waals surface area (Å²) in [6.07, 6.45) is 2.64. The standard InChI is InChI=1S/C15H6N6/c16-6-11(7-17)5-15-20-13-3-1-2-4-14(13)21(15)10-12(8-18)9-19/h1-5,10H. The molecule has 0 spiro atoms. The van der Waals surface area contributed by atoms with Crippen LogP contribution >= 0.6 is 0 Å². The van der Waals surface area contributed by atoms with Gasteiger partial charge >= 0.3 is 0 Å². The SMILES string of the molecule is N#CC(C#N)=Cc1nc2ccccc2n1C=C(C#N)C#N. The van der Waals surface area contributed by atoms with E-state index in [-0.39, 0.29) is 11.1 Å². The lowest BCUT2D eigenvalue weighted by Gasteiger charge is -1.99. The molecule has 0 aliphatic rings. The van der Waals surface area contributed by atoms with E-state index in [9.17, 15) is 0 Å². The van der Waals surface area contributed by atoms with E-state index in [1.165, 1.54) is 16.8 Å². The largest absolute Gasteiger partial charge is 0.298 e. The zero-order chi connectivity index (χ0) is 15.2. The van der Waals surface area contributed by atoms with E-state index in [1.807, 2.05) is 0 Å². The number of nitriles is 4. The van der Waals surface area contributed by atoms with E-state index in [0.717, 1.165) is 0 Å². The number of imidazole rings is 1. The number of para-hydroxylation sites is 2. The van der Waals surface area contributed by atoms with Gasteiger partial charge in [-0.1, -0.05) is 12.1 Å². The summed E-state index contributed by atoms with van der Waals surface area (Å²) < 4.78 is 1.51. The van der Waals surface area contributed by atoms with E-state index in [2.05, 4.69) is 4.98 Å². The van der Waals surface area contributed by atoms with Crippen molar-refractivity contribution in [3.63, 3.8) is 0 Å². The summed E-state index contributed by atoms with van der Waals surface area (Å²) in [6.45, 7) is 0. The van der Waals surface area contributed by atoms with Gasteiger partial charge in [0.1, 0.15) is 41.2 Å². The molecule has 0 amide bonds. The Labute approximate surface area is 120 Å². The number of hydrogen-bond acceptors (Lipinski definition) is 5. The van der Waals surface area contributed by atoms with E-state index >= 15 is 0 Å². The second-order valence-corrected chi connectivity index (χ2v) is 3.88. The van der Waals surface area contributed by atoms with Crippen molar-refractivity contribution in [1.82, 2.24) is 9.55 Å². The summed E-state index contributed by atoms with van der Waals surface area (Å²) in [5.74, 6) is 0.303. The van der Waals surface area contributed by atoms with Gasteiger partial charge in [0.2, 0.25) is 0 Å². The molecule has 1 heterocycles. The van der Waals surface area contributed by atoms with Crippen molar-refractivity contribution in [2.24, 2.45) is 0 Å². The maximum absolute atomic E-state index is 8.87. The third kappa shape index (κ3) is 2.61. The Morgan fingerprint density at radius 2 is 1.57 bits per heavy atom. The summed E-state index contributed by atoms with van der Waals surface area (Å²) in [4.78, 5) is 4.29. The van der Waals surface area contributed by atoms with Crippen molar-refractivity contribution in [2.75, 3.05) is 0 Å². The molecule has 0 aliphatic carbocycles. The Bertz CT molecular complexity index is 900. The average Bonchev–Trinajstić information content (AvgIpc) is 2.87. The van der Waals surface area contributed by atoms with Crippen LogP contribution in [0.25, 0.3) is 23.3 Å². The molecule has 21 heavy (non-hydrogen) atoms. The maximum atomic E-state index is 8.87. The highest BCUT2D eigenvalue weighted by Crippen LogP contribution is 2.19. The number of fused-ring (bicyclic) bond motifs is 1. The Morgan fingerprint density at radius 3 is 2.19 bits per heavy atom. The molecule has 0 saturated heterocycles. The molecule has 0 bridgehead atoms. The maximum Gasteiger partial charge on any atom is 0.146 e. The van der Waals surface area contributed by atoms with Gasteiger partial charge < -0.3 is 0 Å². The second-order valence-electron chi connectivity index (χ2n) is 3.88. The quantitative estimate of drug-likeness (QED) is 0.777. The zero-order valence-corrected chi connectivity index (χ0v) is 10.6. The first-order chi connectivity index (χ1) is 10.2. The highest BCUT2D eigenvalue weighted by atomic mass is 15.1. The fourth-order valence-corrected chi connectivity index (χ4v) is 1.73. The van der Waals surface area contributed by atoms with Gasteiger partial charge in [-0.15, -0.1) is 0 Å². The van der Waals surface area contributed by atoms with Crippen LogP contribution in [0.4, 0.5) is 0 Å². The van der Waals surface area contributed by atoms with Crippen LogP contribution in [0.15, 0.2) is 35.4 Å². The summed E-state index contributed by atoms with van der Waals surface area (Å²) in [5.41, 5.74) is 1.08. The molecule has 2 rings (SSSR count). The van der Waals surface area contributed by atoms with Crippen LogP contribution in [-0.2, 0) is 0 Å². The van der Waals surface area contributed by atoms with Crippen LogP contribution < -0.4 is 0 Å². The molecule has 1 aromatic heterocycles. The molecule has 0 fully saturated rings. The summed E-state index contributed by atoms with van der Waals surface area (Å²) in [7, 11) is 0. The second kappa shape index (κ2) is 5.85. The predicted octanol–water partition coefficient (Wildman–Crippen LogP) is 2.35. The molecule has 0 saturated carbocycles. The lowest BCUT2D eigenvalue weighted by molar-refractivity contribution is 1.13. The fourth-order valence-electron chi connectivity index (χ4n) is 1.73. The molecule has 0 radical (unpaired) electrons. The van der Waals surface area contributed by atoms with Gasteiger partial charge in [0, 0.05) is 12.3 Å². The molecule has 0 N–H and O–H groups in total. The highest BCUT2D eigenvalue weighted by molar-refractivity contribution is 5.81. The highest BCUT2D eigenvalue weighted by Gasteiger charge is 2.09. The molecule has 0 unspecified atom stereocenters. The van der Waals surface area contributed by atoms with Crippen LogP contribution in [0.1, 0.15) is 5.82 Å². The number of rotatable bonds is 2. The van der Waals surface area contributed by atoms with Crippen LogP contribution in [0, 0.1) is 45.3 Å². The molecule has 0 atom stereocenters. The number of nitrogens with zero attached hydrogens (tertiary/aromatic N) is 6. The molecule has 6 heteroatoms. The van der Waals surface area contributed by atoms with Crippen molar-refractivity contribution >= 4 is 23.3 Å². The topological polar surface area (TPSA) is 113 Å². The molecule has 6 nitrogen and oxygen atoms in total. The lowest BCUT2D eigenvalue weighted by atomic mass is 10.3. The summed E-state index contributed by atoms with van der Waals surface area (Å²) in [6, 6.07) is 14.1. The lowest BCUT2D eigenvalue weighted by Crippen LogP contribution is -1.93. The minimum atomic E-state index is -0.115. The Balaban J connectivity index is 2.79. The van der Waals surface area contributed by atoms with Gasteiger partial charge in [0.05, 0.1) is 11.0 Å². The van der Waals surface area contributed by atoms with Crippen LogP contribution in [-0.4, -0.2) is 9.55 Å². The summed E-state index contributed by atoms with van der Waals surface area (Å²) in [5, 5.41) is 35.4. The predicted molar refractivity (Wildman–Crippen MR) is 74.4 cm³/mol. The van der Waals surface area contributed by atoms with Crippen LogP contribution in [0.3, 0.4) is 0 Å². The minimum absolute atomic E-state index is 0.108. The Hall–Kier alpha value is -3.87. The van der Waals surface area contributed by atoms with Crippen LogP contribution in [0.2, 0.25) is 0 Å². The Morgan fingerprint density at radius 1 is 0.952 bits per heavy atom. The van der Waals surface area contributed by atoms with Gasteiger partial charge in [-0.05, 0) is 12.1 Å². The van der Waals surface area contributed by atoms with Gasteiger partial charge in [-0.3, -0.25) is 4.57 Å². The minimum Gasteiger partial charge on any atom is -0.298 e. The first kappa shape index (κ1) is 13.6. The normalized spacial score (nSPS) is 8.76. The number of aromatic nitrogens is 2. The zero-order valence-electron chi connectivity index (χ0n) is 10.6. The van der Waals surface area contributed by atoms with Crippen molar-refractivity contribution in [3.8, 4) is 24.3 Å². The van der Waals surface area contributed by atoms with E-state index < -0.39 is 0 Å². The van der Waals surface area contributed by atoms with Crippen molar-refractivity contribution in [2.45, 2.75) is 0 Å². The van der Waals surface area contributed by atoms with Crippen molar-refractivity contribution in [1.29, 1.82) is 21.0 Å². The molecular weight excluding hydrogens is 264 g/mol. The average molecular weight is 270 g/mol. The van der Waals surface area contributed by atoms with Gasteiger partial charge in [-0.25, -0.2) is 4.98 Å². The van der Waals surface area contributed by atoms with Crippen molar-refractivity contribution in [3.05, 3.63) is 41.2 Å². The van der Waals surface area contributed by atoms with E-state index in [4.69, 9.17) is 21.0 Å². The van der Waals surface area contributed by atoms with Gasteiger partial charge in [0.15, 0.2) is 0 Å². The number of hydrogen-bond donors (Lipinski definition) is 0. The number of allylic oxidation sites excluding steroid dienone is 2. The molecule has 0 aliphatic heterocycles. The molecular formula is C15H6N6. The van der Waals surface area contributed by atoms with Crippen LogP contribution in [0.5, 0.6) is 0 Å². The van der Waals surface area contributed by atoms with Crippen molar-refractivity contribution < 1.29 is 0 Å². The monoisotopic (exact) mass is 270 g/mol. The first-order valence-corrected chi connectivity index (χ1v) is 5.74. The van der Waals surface area contributed by atoms with Gasteiger partial charge in [-0.2, -0.15) is 21.0 Å². The Kier molecular flexibility index (Phi) is 3.78. The molecule has 96 valence electrons. The third-order valence-electron chi connectivity index (χ3n) is 2.64. The number of benzene rings is 1. The molecule has 1 aromatic carbocycles. The fraction of sp³-hybridized carbons (Fsp3) is 0. The molecule has 2 aromatic rings. The summed E-state index contributed by atoms with van der Waals surface area (Å²) >= 11 is 0. The smallest absolute Gasteiger partial charge is 0.146 e. The first-order valence-electron chi connectivity index (χ1n) is 5.74. The third-order valence-corrected chi connectivity index (χ3v) is 2.64. The van der Waals surface area contributed by atoms with Gasteiger partial charge in [0.25, 0.3) is 0 Å². The van der Waals surface area contributed by atoms with E-state index in [1.54, 1.807) is 48.5 Å².